The van der Waals surface area contributed by atoms with Gasteiger partial charge in [0.05, 0.1) is 17.6 Å². The Morgan fingerprint density at radius 2 is 1.81 bits per heavy atom. The number of amides is 1. The first-order chi connectivity index (χ1) is 17.4. The molecule has 1 aromatic heterocycles. The van der Waals surface area contributed by atoms with Crippen LogP contribution in [0.2, 0.25) is 0 Å². The minimum atomic E-state index is 0.0265. The molecule has 1 saturated heterocycles. The molecule has 0 unspecified atom stereocenters. The number of hydrogen-bond acceptors (Lipinski definition) is 4. The third-order valence-electron chi connectivity index (χ3n) is 6.26. The first kappa shape index (κ1) is 26.9. The van der Waals surface area contributed by atoms with E-state index in [1.807, 2.05) is 23.1 Å². The van der Waals surface area contributed by atoms with E-state index in [0.717, 1.165) is 25.2 Å². The van der Waals surface area contributed by atoms with Crippen molar-refractivity contribution >= 4 is 35.1 Å². The molecular weight excluding hydrogens is 448 g/mol. The molecule has 0 spiro atoms. The monoisotopic (exact) mass is 486 g/mol. The predicted molar refractivity (Wildman–Crippen MR) is 151 cm³/mol. The van der Waals surface area contributed by atoms with Gasteiger partial charge in [0, 0.05) is 49.5 Å². The fourth-order valence-electron chi connectivity index (χ4n) is 4.29. The van der Waals surface area contributed by atoms with Crippen LogP contribution in [0.5, 0.6) is 0 Å². The van der Waals surface area contributed by atoms with Crippen LogP contribution in [0.3, 0.4) is 0 Å². The fourth-order valence-corrected chi connectivity index (χ4v) is 4.29. The quantitative estimate of drug-likeness (QED) is 0.343. The van der Waals surface area contributed by atoms with Gasteiger partial charge in [-0.2, -0.15) is 5.10 Å². The molecule has 1 aliphatic rings. The van der Waals surface area contributed by atoms with Crippen LogP contribution in [0.15, 0.2) is 71.3 Å². The Kier molecular flexibility index (Phi) is 9.56. The van der Waals surface area contributed by atoms with Crippen molar-refractivity contribution in [3.63, 3.8) is 0 Å². The lowest BCUT2D eigenvalue weighted by molar-refractivity contribution is -0.130. The van der Waals surface area contributed by atoms with Crippen molar-refractivity contribution in [2.75, 3.05) is 31.1 Å². The number of nitrogens with zero attached hydrogens (tertiary/aromatic N) is 6. The van der Waals surface area contributed by atoms with Gasteiger partial charge in [0.1, 0.15) is 5.84 Å². The van der Waals surface area contributed by atoms with Crippen LogP contribution in [0, 0.1) is 6.92 Å². The maximum Gasteiger partial charge on any atom is 0.230 e. The van der Waals surface area contributed by atoms with E-state index in [2.05, 4.69) is 90.9 Å². The molecular formula is C29H38N6O. The number of fused-ring (bicyclic) bond motifs is 1. The SMILES string of the molecule is C=CN=C(CC(=O)N1CCN(c2ccc3c(CC)nn(C(C)C)c3c2)CC1)N=C.Cc1ccccc1. The van der Waals surface area contributed by atoms with Gasteiger partial charge in [-0.1, -0.05) is 49.4 Å². The third-order valence-corrected chi connectivity index (χ3v) is 6.26. The number of hydrogen-bond donors (Lipinski definition) is 0. The summed E-state index contributed by atoms with van der Waals surface area (Å²) in [6.07, 6.45) is 2.47. The van der Waals surface area contributed by atoms with E-state index in [1.54, 1.807) is 0 Å². The Balaban J connectivity index is 0.000000444. The van der Waals surface area contributed by atoms with E-state index in [0.29, 0.717) is 25.0 Å². The third kappa shape index (κ3) is 6.68. The van der Waals surface area contributed by atoms with Crippen LogP contribution in [0.4, 0.5) is 5.69 Å². The fraction of sp³-hybridized carbons (Fsp3) is 0.379. The molecule has 36 heavy (non-hydrogen) atoms. The number of rotatable bonds is 6. The highest BCUT2D eigenvalue weighted by Gasteiger charge is 2.23. The molecule has 190 valence electrons. The summed E-state index contributed by atoms with van der Waals surface area (Å²) in [5, 5.41) is 6.02. The number of carbonyl (C=O) groups excluding carboxylic acids is 1. The zero-order valence-corrected chi connectivity index (χ0v) is 22.0. The second kappa shape index (κ2) is 12.8. The predicted octanol–water partition coefficient (Wildman–Crippen LogP) is 5.46. The van der Waals surface area contributed by atoms with Crippen molar-refractivity contribution in [1.82, 2.24) is 14.7 Å². The van der Waals surface area contributed by atoms with Crippen molar-refractivity contribution in [2.45, 2.75) is 46.6 Å². The second-order valence-corrected chi connectivity index (χ2v) is 9.13. The minimum Gasteiger partial charge on any atom is -0.368 e. The summed E-state index contributed by atoms with van der Waals surface area (Å²) < 4.78 is 2.11. The number of benzene rings is 2. The molecule has 7 nitrogen and oxygen atoms in total. The average Bonchev–Trinajstić information content (AvgIpc) is 3.27. The van der Waals surface area contributed by atoms with Gasteiger partial charge in [-0.05, 0) is 52.1 Å². The molecule has 0 N–H and O–H groups in total. The molecule has 0 aliphatic carbocycles. The first-order valence-corrected chi connectivity index (χ1v) is 12.6. The molecule has 0 saturated carbocycles. The van der Waals surface area contributed by atoms with Gasteiger partial charge in [0.2, 0.25) is 5.91 Å². The molecule has 1 amide bonds. The number of anilines is 1. The lowest BCUT2D eigenvalue weighted by Gasteiger charge is -2.36. The highest BCUT2D eigenvalue weighted by molar-refractivity contribution is 6.01. The van der Waals surface area contributed by atoms with Crippen molar-refractivity contribution < 1.29 is 4.79 Å². The van der Waals surface area contributed by atoms with Crippen LogP contribution in [0.25, 0.3) is 10.9 Å². The minimum absolute atomic E-state index is 0.0265. The molecule has 2 heterocycles. The maximum absolute atomic E-state index is 12.5. The summed E-state index contributed by atoms with van der Waals surface area (Å²) in [5.41, 5.74) is 4.82. The Morgan fingerprint density at radius 3 is 2.33 bits per heavy atom. The normalized spacial score (nSPS) is 14.0. The van der Waals surface area contributed by atoms with Crippen LogP contribution < -0.4 is 4.90 Å². The number of aryl methyl sites for hydroxylation is 2. The van der Waals surface area contributed by atoms with Crippen molar-refractivity contribution in [2.24, 2.45) is 9.98 Å². The summed E-state index contributed by atoms with van der Waals surface area (Å²) in [6.45, 7) is 18.5. The summed E-state index contributed by atoms with van der Waals surface area (Å²) in [5.74, 6) is 0.435. The van der Waals surface area contributed by atoms with E-state index in [1.165, 1.54) is 28.4 Å². The molecule has 1 aliphatic heterocycles. The van der Waals surface area contributed by atoms with Gasteiger partial charge in [0.15, 0.2) is 0 Å². The summed E-state index contributed by atoms with van der Waals surface area (Å²) in [7, 11) is 0. The van der Waals surface area contributed by atoms with Gasteiger partial charge in [-0.15, -0.1) is 0 Å². The second-order valence-electron chi connectivity index (χ2n) is 9.13. The van der Waals surface area contributed by atoms with Crippen molar-refractivity contribution in [3.05, 3.63) is 72.6 Å². The van der Waals surface area contributed by atoms with E-state index in [9.17, 15) is 4.79 Å². The molecule has 3 aromatic rings. The number of aromatic nitrogens is 2. The highest BCUT2D eigenvalue weighted by Crippen LogP contribution is 2.28. The van der Waals surface area contributed by atoms with Crippen LogP contribution in [-0.2, 0) is 11.2 Å². The molecule has 7 heteroatoms. The topological polar surface area (TPSA) is 66.1 Å². The standard InChI is InChI=1S/C22H30N6O.C7H8/c1-6-19-18-9-8-17(14-20(18)28(25-19)16(3)4)26-10-12-27(13-11-26)22(29)15-21(23-5)24-7-2;1-7-5-3-2-4-6-7/h7-9,14,16H,2,5-6,10-13,15H2,1,3-4H3;2-6H,1H3. The van der Waals surface area contributed by atoms with Crippen molar-refractivity contribution in [1.29, 1.82) is 0 Å². The van der Waals surface area contributed by atoms with E-state index >= 15 is 0 Å². The Morgan fingerprint density at radius 1 is 1.11 bits per heavy atom. The number of amidine groups is 1. The maximum atomic E-state index is 12.5. The van der Waals surface area contributed by atoms with E-state index < -0.39 is 0 Å². The number of piperazine rings is 1. The van der Waals surface area contributed by atoms with Crippen LogP contribution in [-0.4, -0.2) is 59.3 Å². The van der Waals surface area contributed by atoms with E-state index in [-0.39, 0.29) is 12.3 Å². The largest absolute Gasteiger partial charge is 0.368 e. The summed E-state index contributed by atoms with van der Waals surface area (Å²) >= 11 is 0. The van der Waals surface area contributed by atoms with Gasteiger partial charge in [-0.25, -0.2) is 9.98 Å². The zero-order valence-electron chi connectivity index (χ0n) is 22.0. The number of carbonyl (C=O) groups is 1. The Labute approximate surface area is 214 Å². The first-order valence-electron chi connectivity index (χ1n) is 12.6. The van der Waals surface area contributed by atoms with Gasteiger partial charge in [-0.3, -0.25) is 9.48 Å². The van der Waals surface area contributed by atoms with Gasteiger partial charge >= 0.3 is 0 Å². The van der Waals surface area contributed by atoms with Gasteiger partial charge in [0.25, 0.3) is 0 Å². The van der Waals surface area contributed by atoms with Crippen LogP contribution >= 0.6 is 0 Å². The van der Waals surface area contributed by atoms with Crippen LogP contribution in [0.1, 0.15) is 44.5 Å². The molecule has 0 atom stereocenters. The smallest absolute Gasteiger partial charge is 0.230 e. The summed E-state index contributed by atoms with van der Waals surface area (Å²) in [4.78, 5) is 24.5. The molecule has 1 fully saturated rings. The molecule has 2 aromatic carbocycles. The zero-order chi connectivity index (χ0) is 26.1. The highest BCUT2D eigenvalue weighted by atomic mass is 16.2. The lowest BCUT2D eigenvalue weighted by Crippen LogP contribution is -2.49. The Bertz CT molecular complexity index is 1200. The Hall–Kier alpha value is -3.74. The lowest BCUT2D eigenvalue weighted by atomic mass is 10.1. The summed E-state index contributed by atoms with van der Waals surface area (Å²) in [6, 6.07) is 17.2. The average molecular weight is 487 g/mol. The van der Waals surface area contributed by atoms with Gasteiger partial charge < -0.3 is 9.80 Å². The molecule has 0 radical (unpaired) electrons. The van der Waals surface area contributed by atoms with Crippen molar-refractivity contribution in [3.8, 4) is 0 Å². The molecule has 4 rings (SSSR count). The van der Waals surface area contributed by atoms with E-state index in [4.69, 9.17) is 5.10 Å². The number of aliphatic imine (C=N–C) groups is 2. The molecule has 0 bridgehead atoms.